The summed E-state index contributed by atoms with van der Waals surface area (Å²) in [5, 5.41) is 0.873. The number of aromatic nitrogens is 2. The third-order valence-electron chi connectivity index (χ3n) is 4.43. The molecular weight excluding hydrogens is 362 g/mol. The first-order chi connectivity index (χ1) is 13.2. The minimum absolute atomic E-state index is 0.267. The third kappa shape index (κ3) is 3.27. The molecular formula is C20H19N3O3S. The van der Waals surface area contributed by atoms with E-state index in [1.54, 1.807) is 20.4 Å². The number of H-pyrrole nitrogens is 1. The second kappa shape index (κ2) is 7.38. The van der Waals surface area contributed by atoms with Crippen LogP contribution in [0.2, 0.25) is 0 Å². The lowest BCUT2D eigenvalue weighted by Gasteiger charge is -2.05. The van der Waals surface area contributed by atoms with Gasteiger partial charge < -0.3 is 19.0 Å². The fourth-order valence-electron chi connectivity index (χ4n) is 3.06. The summed E-state index contributed by atoms with van der Waals surface area (Å²) in [7, 11) is 3.30. The highest BCUT2D eigenvalue weighted by molar-refractivity contribution is 7.16. The lowest BCUT2D eigenvalue weighted by molar-refractivity contribution is 0.0999. The van der Waals surface area contributed by atoms with Crippen LogP contribution >= 0.6 is 11.3 Å². The molecule has 2 aromatic heterocycles. The summed E-state index contributed by atoms with van der Waals surface area (Å²) in [5.41, 5.74) is 2.49. The number of nitrogens with one attached hydrogen (secondary N) is 1. The highest BCUT2D eigenvalue weighted by Gasteiger charge is 2.13. The number of fused-ring (bicyclic) bond motifs is 2. The number of benzene rings is 2. The van der Waals surface area contributed by atoms with E-state index in [0.29, 0.717) is 23.5 Å². The Kier molecular flexibility index (Phi) is 4.79. The maximum Gasteiger partial charge on any atom is 0.281 e. The largest absolute Gasteiger partial charge is 0.497 e. The number of aromatic amines is 1. The lowest BCUT2D eigenvalue weighted by atomic mass is 10.2. The third-order valence-corrected chi connectivity index (χ3v) is 5.47. The summed E-state index contributed by atoms with van der Waals surface area (Å²) >= 11 is 1.46. The van der Waals surface area contributed by atoms with Crippen molar-refractivity contribution < 1.29 is 14.3 Å². The Bertz CT molecular complexity index is 1190. The molecule has 138 valence electrons. The number of methoxy groups -OCH3 is 2. The molecule has 0 aliphatic heterocycles. The van der Waals surface area contributed by atoms with E-state index in [2.05, 4.69) is 9.98 Å². The van der Waals surface area contributed by atoms with E-state index in [9.17, 15) is 4.79 Å². The summed E-state index contributed by atoms with van der Waals surface area (Å²) in [6.45, 7) is 1.15. The van der Waals surface area contributed by atoms with E-state index in [1.165, 1.54) is 11.3 Å². The number of nitrogens with zero attached hydrogens (tertiary/aromatic N) is 2. The Morgan fingerprint density at radius 2 is 2.07 bits per heavy atom. The zero-order valence-electron chi connectivity index (χ0n) is 15.1. The number of amides is 1. The molecule has 1 amide bonds. The van der Waals surface area contributed by atoms with Crippen LogP contribution in [0.5, 0.6) is 5.75 Å². The van der Waals surface area contributed by atoms with Crippen LogP contribution in [-0.2, 0) is 11.3 Å². The zero-order chi connectivity index (χ0) is 18.8. The number of ether oxygens (including phenoxy) is 2. The summed E-state index contributed by atoms with van der Waals surface area (Å²) in [6, 6.07) is 13.6. The molecule has 6 nitrogen and oxygen atoms in total. The molecule has 0 aliphatic rings. The van der Waals surface area contributed by atoms with Crippen molar-refractivity contribution in [3.63, 3.8) is 0 Å². The zero-order valence-corrected chi connectivity index (χ0v) is 15.9. The van der Waals surface area contributed by atoms with Crippen molar-refractivity contribution in [3.05, 3.63) is 59.0 Å². The quantitative estimate of drug-likeness (QED) is 0.574. The molecule has 0 radical (unpaired) electrons. The van der Waals surface area contributed by atoms with Crippen molar-refractivity contribution in [2.45, 2.75) is 6.54 Å². The molecule has 2 heterocycles. The van der Waals surface area contributed by atoms with Crippen LogP contribution in [0, 0.1) is 0 Å². The van der Waals surface area contributed by atoms with Gasteiger partial charge in [0.25, 0.3) is 5.91 Å². The monoisotopic (exact) mass is 381 g/mol. The van der Waals surface area contributed by atoms with Gasteiger partial charge in [-0.1, -0.05) is 29.5 Å². The van der Waals surface area contributed by atoms with Crippen molar-refractivity contribution in [2.75, 3.05) is 20.8 Å². The molecule has 4 aromatic rings. The number of carbonyl (C=O) groups is 1. The topological polar surface area (TPSA) is 68.6 Å². The molecule has 4 rings (SSSR count). The average Bonchev–Trinajstić information content (AvgIpc) is 3.27. The molecule has 0 atom stereocenters. The first-order valence-electron chi connectivity index (χ1n) is 8.53. The molecule has 0 aliphatic carbocycles. The Balaban J connectivity index is 1.84. The number of carbonyl (C=O) groups excluding carboxylic acids is 1. The Morgan fingerprint density at radius 3 is 2.89 bits per heavy atom. The molecule has 1 N–H and O–H groups in total. The maximum atomic E-state index is 12.9. The van der Waals surface area contributed by atoms with Crippen LogP contribution in [0.25, 0.3) is 21.1 Å². The molecule has 0 bridgehead atoms. The fraction of sp³-hybridized carbons (Fsp3) is 0.200. The fourth-order valence-corrected chi connectivity index (χ4v) is 4.14. The summed E-state index contributed by atoms with van der Waals surface area (Å²) < 4.78 is 13.6. The van der Waals surface area contributed by atoms with Gasteiger partial charge in [0.1, 0.15) is 5.75 Å². The van der Waals surface area contributed by atoms with E-state index >= 15 is 0 Å². The van der Waals surface area contributed by atoms with Crippen LogP contribution in [-0.4, -0.2) is 36.3 Å². The summed E-state index contributed by atoms with van der Waals surface area (Å²) in [6.07, 6.45) is 1.71. The SMILES string of the molecule is COCCn1c(=NC(=O)c2c[nH]c3ccccc23)sc2cc(OC)ccc21. The number of hydrogen-bond donors (Lipinski definition) is 1. The van der Waals surface area contributed by atoms with Gasteiger partial charge in [-0.2, -0.15) is 4.99 Å². The van der Waals surface area contributed by atoms with Gasteiger partial charge in [-0.15, -0.1) is 0 Å². The van der Waals surface area contributed by atoms with E-state index in [1.807, 2.05) is 47.0 Å². The van der Waals surface area contributed by atoms with Gasteiger partial charge in [-0.3, -0.25) is 4.79 Å². The Labute approximate surface area is 159 Å². The summed E-state index contributed by atoms with van der Waals surface area (Å²) in [4.78, 5) is 21.1. The molecule has 7 heteroatoms. The predicted molar refractivity (Wildman–Crippen MR) is 106 cm³/mol. The number of rotatable bonds is 5. The Morgan fingerprint density at radius 1 is 1.22 bits per heavy atom. The number of thiazole rings is 1. The molecule has 27 heavy (non-hydrogen) atoms. The van der Waals surface area contributed by atoms with Gasteiger partial charge in [0.15, 0.2) is 4.80 Å². The smallest absolute Gasteiger partial charge is 0.281 e. The van der Waals surface area contributed by atoms with Gasteiger partial charge in [0.05, 0.1) is 29.5 Å². The van der Waals surface area contributed by atoms with Crippen molar-refractivity contribution in [1.29, 1.82) is 0 Å². The molecule has 0 fully saturated rings. The van der Waals surface area contributed by atoms with Crippen molar-refractivity contribution in [2.24, 2.45) is 4.99 Å². The molecule has 0 spiro atoms. The Hall–Kier alpha value is -2.90. The van der Waals surface area contributed by atoms with Crippen LogP contribution in [0.4, 0.5) is 0 Å². The van der Waals surface area contributed by atoms with E-state index in [4.69, 9.17) is 9.47 Å². The standard InChI is InChI=1S/C20H19N3O3S/c1-25-10-9-23-17-8-7-13(26-2)11-18(17)27-20(23)22-19(24)15-12-21-16-6-4-3-5-14(15)16/h3-8,11-12,21H,9-10H2,1-2H3. The van der Waals surface area contributed by atoms with Crippen LogP contribution in [0.3, 0.4) is 0 Å². The molecule has 0 saturated carbocycles. The first-order valence-corrected chi connectivity index (χ1v) is 9.34. The van der Waals surface area contributed by atoms with Crippen molar-refractivity contribution in [3.8, 4) is 5.75 Å². The maximum absolute atomic E-state index is 12.9. The average molecular weight is 381 g/mol. The van der Waals surface area contributed by atoms with Crippen molar-refractivity contribution >= 4 is 38.4 Å². The molecule has 0 unspecified atom stereocenters. The van der Waals surface area contributed by atoms with Crippen LogP contribution < -0.4 is 9.54 Å². The second-order valence-corrected chi connectivity index (χ2v) is 7.04. The molecule has 2 aromatic carbocycles. The van der Waals surface area contributed by atoms with E-state index in [-0.39, 0.29) is 5.91 Å². The predicted octanol–water partition coefficient (Wildman–Crippen LogP) is 3.58. The van der Waals surface area contributed by atoms with Gasteiger partial charge >= 0.3 is 0 Å². The van der Waals surface area contributed by atoms with Gasteiger partial charge in [0.2, 0.25) is 0 Å². The number of para-hydroxylation sites is 1. The van der Waals surface area contributed by atoms with Crippen molar-refractivity contribution in [1.82, 2.24) is 9.55 Å². The first kappa shape index (κ1) is 17.5. The van der Waals surface area contributed by atoms with Gasteiger partial charge in [0, 0.05) is 30.8 Å². The van der Waals surface area contributed by atoms with E-state index in [0.717, 1.165) is 26.9 Å². The highest BCUT2D eigenvalue weighted by atomic mass is 32.1. The summed E-state index contributed by atoms with van der Waals surface area (Å²) in [5.74, 6) is 0.509. The lowest BCUT2D eigenvalue weighted by Crippen LogP contribution is -2.19. The normalized spacial score (nSPS) is 12.1. The number of hydrogen-bond acceptors (Lipinski definition) is 4. The minimum Gasteiger partial charge on any atom is -0.497 e. The molecule has 0 saturated heterocycles. The minimum atomic E-state index is -0.267. The van der Waals surface area contributed by atoms with Crippen LogP contribution in [0.1, 0.15) is 10.4 Å². The van der Waals surface area contributed by atoms with E-state index < -0.39 is 0 Å². The van der Waals surface area contributed by atoms with Crippen LogP contribution in [0.15, 0.2) is 53.7 Å². The second-order valence-electron chi connectivity index (χ2n) is 6.03. The highest BCUT2D eigenvalue weighted by Crippen LogP contribution is 2.24. The van der Waals surface area contributed by atoms with Gasteiger partial charge in [-0.05, 0) is 24.3 Å². The van der Waals surface area contributed by atoms with Gasteiger partial charge in [-0.25, -0.2) is 0 Å².